The maximum Gasteiger partial charge on any atom is 0.233 e. The molecule has 0 bridgehead atoms. The van der Waals surface area contributed by atoms with E-state index < -0.39 is 0 Å². The Bertz CT molecular complexity index is 775. The average molecular weight is 403 g/mol. The number of thioether (sulfide) groups is 1. The van der Waals surface area contributed by atoms with Crippen molar-refractivity contribution in [1.29, 1.82) is 0 Å². The van der Waals surface area contributed by atoms with Crippen LogP contribution in [0.4, 0.5) is 10.8 Å². The van der Waals surface area contributed by atoms with Crippen LogP contribution in [-0.4, -0.2) is 39.3 Å². The van der Waals surface area contributed by atoms with Gasteiger partial charge in [0.15, 0.2) is 4.34 Å². The molecule has 144 valence electrons. The number of rotatable bonds is 5. The predicted molar refractivity (Wildman–Crippen MR) is 112 cm³/mol. The molecule has 2 heterocycles. The molecule has 7 heteroatoms. The summed E-state index contributed by atoms with van der Waals surface area (Å²) in [6.07, 6.45) is 7.53. The molecule has 1 saturated carbocycles. The average Bonchev–Trinajstić information content (AvgIpc) is 3.15. The Morgan fingerprint density at radius 3 is 2.81 bits per heavy atom. The number of hydrogen-bond donors (Lipinski definition) is 1. The van der Waals surface area contributed by atoms with Crippen molar-refractivity contribution in [2.24, 2.45) is 5.92 Å². The second kappa shape index (κ2) is 8.61. The fourth-order valence-corrected chi connectivity index (χ4v) is 5.88. The van der Waals surface area contributed by atoms with E-state index >= 15 is 0 Å². The number of aromatic nitrogens is 2. The topological polar surface area (TPSA) is 58.1 Å². The predicted octanol–water partition coefficient (Wildman–Crippen LogP) is 4.86. The first-order valence-corrected chi connectivity index (χ1v) is 11.6. The van der Waals surface area contributed by atoms with E-state index in [9.17, 15) is 4.79 Å². The van der Waals surface area contributed by atoms with Gasteiger partial charge in [-0.15, -0.1) is 10.2 Å². The number of likely N-dealkylation sites (tertiary alicyclic amines) is 1. The van der Waals surface area contributed by atoms with Crippen LogP contribution in [0.1, 0.15) is 44.1 Å². The van der Waals surface area contributed by atoms with Crippen LogP contribution in [0, 0.1) is 12.8 Å². The summed E-state index contributed by atoms with van der Waals surface area (Å²) in [5.41, 5.74) is 2.23. The molecule has 1 amide bonds. The van der Waals surface area contributed by atoms with Gasteiger partial charge in [0.05, 0.1) is 5.75 Å². The summed E-state index contributed by atoms with van der Waals surface area (Å²) in [4.78, 5) is 15.0. The molecule has 1 saturated heterocycles. The normalized spacial score (nSPS) is 22.3. The van der Waals surface area contributed by atoms with Crippen LogP contribution in [0.15, 0.2) is 28.6 Å². The summed E-state index contributed by atoms with van der Waals surface area (Å²) in [7, 11) is 0. The van der Waals surface area contributed by atoms with Gasteiger partial charge in [0.25, 0.3) is 0 Å². The van der Waals surface area contributed by atoms with E-state index in [2.05, 4.69) is 39.5 Å². The third-order valence-corrected chi connectivity index (χ3v) is 7.55. The van der Waals surface area contributed by atoms with Gasteiger partial charge in [0, 0.05) is 18.3 Å². The summed E-state index contributed by atoms with van der Waals surface area (Å²) in [5.74, 6) is 1.45. The molecule has 5 nitrogen and oxygen atoms in total. The van der Waals surface area contributed by atoms with Crippen molar-refractivity contribution in [3.05, 3.63) is 29.8 Å². The zero-order valence-electron chi connectivity index (χ0n) is 15.7. The first-order valence-electron chi connectivity index (χ1n) is 9.78. The molecule has 0 spiro atoms. The first kappa shape index (κ1) is 18.7. The summed E-state index contributed by atoms with van der Waals surface area (Å²) in [6.45, 7) is 3.00. The van der Waals surface area contributed by atoms with E-state index in [4.69, 9.17) is 0 Å². The lowest BCUT2D eigenvalue weighted by molar-refractivity contribution is -0.134. The minimum absolute atomic E-state index is 0.264. The first-order chi connectivity index (χ1) is 13.2. The van der Waals surface area contributed by atoms with Gasteiger partial charge >= 0.3 is 0 Å². The van der Waals surface area contributed by atoms with E-state index in [0.29, 0.717) is 11.8 Å². The number of fused-ring (bicyclic) bond motifs is 1. The number of carbonyl (C=O) groups excluding carboxylic acids is 1. The number of amides is 1. The van der Waals surface area contributed by atoms with Gasteiger partial charge in [0.1, 0.15) is 0 Å². The molecule has 1 aliphatic carbocycles. The number of benzene rings is 1. The van der Waals surface area contributed by atoms with Gasteiger partial charge in [-0.25, -0.2) is 0 Å². The zero-order valence-corrected chi connectivity index (χ0v) is 17.3. The number of aryl methyl sites for hydroxylation is 1. The molecule has 2 fully saturated rings. The molecule has 1 aromatic carbocycles. The molecule has 2 aliphatic rings. The third kappa shape index (κ3) is 4.63. The Balaban J connectivity index is 1.31. The highest BCUT2D eigenvalue weighted by molar-refractivity contribution is 8.01. The smallest absolute Gasteiger partial charge is 0.233 e. The number of hydrogen-bond acceptors (Lipinski definition) is 6. The highest BCUT2D eigenvalue weighted by atomic mass is 32.2. The van der Waals surface area contributed by atoms with Crippen molar-refractivity contribution < 1.29 is 4.79 Å². The molecule has 4 rings (SSSR count). The molecule has 1 aliphatic heterocycles. The molecular formula is C20H26N4OS2. The maximum atomic E-state index is 12.8. The number of anilines is 2. The molecular weight excluding hydrogens is 376 g/mol. The van der Waals surface area contributed by atoms with Gasteiger partial charge < -0.3 is 10.2 Å². The van der Waals surface area contributed by atoms with Crippen molar-refractivity contribution in [2.45, 2.75) is 55.8 Å². The van der Waals surface area contributed by atoms with Crippen molar-refractivity contribution in [1.82, 2.24) is 15.1 Å². The Morgan fingerprint density at radius 2 is 1.96 bits per heavy atom. The van der Waals surface area contributed by atoms with Crippen LogP contribution in [-0.2, 0) is 4.79 Å². The van der Waals surface area contributed by atoms with Gasteiger partial charge in [-0.1, -0.05) is 53.6 Å². The van der Waals surface area contributed by atoms with Crippen LogP contribution in [0.25, 0.3) is 0 Å². The van der Waals surface area contributed by atoms with E-state index in [0.717, 1.165) is 34.0 Å². The maximum absolute atomic E-state index is 12.8. The third-order valence-electron chi connectivity index (χ3n) is 5.59. The van der Waals surface area contributed by atoms with Crippen molar-refractivity contribution in [3.8, 4) is 0 Å². The van der Waals surface area contributed by atoms with Crippen LogP contribution >= 0.6 is 23.1 Å². The zero-order chi connectivity index (χ0) is 18.6. The number of nitrogens with one attached hydrogen (secondary N) is 1. The SMILES string of the molecule is Cc1ccc(Nc2nnc(SCC(=O)N3CCC[C@@H]4CCCC[C@@H]43)s2)cc1. The van der Waals surface area contributed by atoms with Gasteiger partial charge in [-0.05, 0) is 50.7 Å². The second-order valence-electron chi connectivity index (χ2n) is 7.49. The summed E-state index contributed by atoms with van der Waals surface area (Å²) in [5, 5.41) is 12.5. The quantitative estimate of drug-likeness (QED) is 0.724. The molecule has 2 aromatic rings. The van der Waals surface area contributed by atoms with Crippen LogP contribution < -0.4 is 5.32 Å². The number of carbonyl (C=O) groups is 1. The summed E-state index contributed by atoms with van der Waals surface area (Å²) in [6, 6.07) is 8.67. The minimum atomic E-state index is 0.264. The van der Waals surface area contributed by atoms with Gasteiger partial charge in [-0.3, -0.25) is 4.79 Å². The fraction of sp³-hybridized carbons (Fsp3) is 0.550. The standard InChI is InChI=1S/C20H26N4OS2/c1-14-8-10-16(11-9-14)21-19-22-23-20(27-19)26-13-18(25)24-12-4-6-15-5-2-3-7-17(15)24/h8-11,15,17H,2-7,12-13H2,1H3,(H,21,22)/t15-,17-/m0/s1. The summed E-state index contributed by atoms with van der Waals surface area (Å²) < 4.78 is 0.843. The molecule has 2 atom stereocenters. The lowest BCUT2D eigenvalue weighted by Gasteiger charge is -2.44. The van der Waals surface area contributed by atoms with Crippen LogP contribution in [0.5, 0.6) is 0 Å². The van der Waals surface area contributed by atoms with E-state index in [-0.39, 0.29) is 5.91 Å². The highest BCUT2D eigenvalue weighted by Crippen LogP contribution is 2.36. The Hall–Kier alpha value is -1.60. The second-order valence-corrected chi connectivity index (χ2v) is 9.69. The fourth-order valence-electron chi connectivity index (χ4n) is 4.22. The lowest BCUT2D eigenvalue weighted by atomic mass is 9.78. The van der Waals surface area contributed by atoms with Gasteiger partial charge in [0.2, 0.25) is 11.0 Å². The van der Waals surface area contributed by atoms with E-state index in [1.165, 1.54) is 60.8 Å². The van der Waals surface area contributed by atoms with Crippen LogP contribution in [0.2, 0.25) is 0 Å². The van der Waals surface area contributed by atoms with Gasteiger partial charge in [-0.2, -0.15) is 0 Å². The molecule has 0 radical (unpaired) electrons. The Morgan fingerprint density at radius 1 is 1.19 bits per heavy atom. The number of nitrogens with zero attached hydrogens (tertiary/aromatic N) is 3. The van der Waals surface area contributed by atoms with Crippen molar-refractivity contribution in [2.75, 3.05) is 17.6 Å². The lowest BCUT2D eigenvalue weighted by Crippen LogP contribution is -2.50. The summed E-state index contributed by atoms with van der Waals surface area (Å²) >= 11 is 3.01. The minimum Gasteiger partial charge on any atom is -0.339 e. The molecule has 1 aromatic heterocycles. The largest absolute Gasteiger partial charge is 0.339 e. The number of piperidine rings is 1. The Labute approximate surface area is 168 Å². The Kier molecular flexibility index (Phi) is 5.98. The highest BCUT2D eigenvalue weighted by Gasteiger charge is 2.35. The van der Waals surface area contributed by atoms with Crippen LogP contribution in [0.3, 0.4) is 0 Å². The van der Waals surface area contributed by atoms with Crippen molar-refractivity contribution >= 4 is 39.8 Å². The molecule has 1 N–H and O–H groups in total. The molecule has 0 unspecified atom stereocenters. The van der Waals surface area contributed by atoms with E-state index in [1.807, 2.05) is 12.1 Å². The molecule has 27 heavy (non-hydrogen) atoms. The van der Waals surface area contributed by atoms with Crippen molar-refractivity contribution in [3.63, 3.8) is 0 Å². The monoisotopic (exact) mass is 402 g/mol. The van der Waals surface area contributed by atoms with E-state index in [1.54, 1.807) is 0 Å².